The first kappa shape index (κ1) is 10.2. The number of benzene rings is 1. The lowest BCUT2D eigenvalue weighted by Crippen LogP contribution is -2.01. The molecule has 0 unspecified atom stereocenters. The first-order valence-electron chi connectivity index (χ1n) is 4.87. The van der Waals surface area contributed by atoms with Crippen molar-refractivity contribution >= 4 is 11.6 Å². The fraction of sp³-hybridized carbons (Fsp3) is 0.273. The Labute approximate surface area is 93.7 Å². The lowest BCUT2D eigenvalue weighted by Gasteiger charge is -2.00. The smallest absolute Gasteiger partial charge is 0.0974 e. The Morgan fingerprint density at radius 3 is 2.67 bits per heavy atom. The molecular weight excluding hydrogens is 210 g/mol. The Kier molecular flexibility index (Phi) is 3.35. The van der Waals surface area contributed by atoms with Crippen LogP contribution in [0.3, 0.4) is 0 Å². The number of aromatic nitrogens is 3. The van der Waals surface area contributed by atoms with Crippen molar-refractivity contribution < 1.29 is 0 Å². The van der Waals surface area contributed by atoms with E-state index in [1.807, 2.05) is 29.1 Å². The molecule has 0 bridgehead atoms. The highest BCUT2D eigenvalue weighted by Crippen LogP contribution is 2.02. The van der Waals surface area contributed by atoms with Crippen LogP contribution in [-0.2, 0) is 18.8 Å². The molecule has 0 saturated heterocycles. The number of hydrogen-bond acceptors (Lipinski definition) is 2. The molecule has 0 aliphatic rings. The predicted molar refractivity (Wildman–Crippen MR) is 59.7 cm³/mol. The van der Waals surface area contributed by atoms with Gasteiger partial charge in [0.1, 0.15) is 0 Å². The lowest BCUT2D eigenvalue weighted by atomic mass is 10.1. The number of halogens is 1. The van der Waals surface area contributed by atoms with Gasteiger partial charge in [-0.2, -0.15) is 0 Å². The van der Waals surface area contributed by atoms with Gasteiger partial charge in [0.05, 0.1) is 11.6 Å². The normalized spacial score (nSPS) is 10.5. The van der Waals surface area contributed by atoms with Crippen LogP contribution in [0.5, 0.6) is 0 Å². The predicted octanol–water partition coefficient (Wildman–Crippen LogP) is 2.26. The van der Waals surface area contributed by atoms with Crippen LogP contribution >= 0.6 is 11.6 Å². The highest BCUT2D eigenvalue weighted by Gasteiger charge is 1.99. The van der Waals surface area contributed by atoms with E-state index in [1.165, 1.54) is 5.56 Å². The largest absolute Gasteiger partial charge is 0.252 e. The summed E-state index contributed by atoms with van der Waals surface area (Å²) in [6.07, 6.45) is 2.85. The maximum absolute atomic E-state index is 5.64. The molecule has 1 aromatic heterocycles. The second-order valence-corrected chi connectivity index (χ2v) is 3.61. The quantitative estimate of drug-likeness (QED) is 0.742. The summed E-state index contributed by atoms with van der Waals surface area (Å²) in [5, 5.41) is 7.91. The van der Waals surface area contributed by atoms with E-state index < -0.39 is 0 Å². The van der Waals surface area contributed by atoms with Crippen LogP contribution in [0.4, 0.5) is 0 Å². The Hall–Kier alpha value is -1.35. The van der Waals surface area contributed by atoms with Crippen LogP contribution in [0.2, 0.25) is 0 Å². The summed E-state index contributed by atoms with van der Waals surface area (Å²) < 4.78 is 1.82. The molecule has 15 heavy (non-hydrogen) atoms. The average molecular weight is 222 g/mol. The summed E-state index contributed by atoms with van der Waals surface area (Å²) in [4.78, 5) is 0. The molecule has 1 heterocycles. The molecule has 0 fully saturated rings. The molecule has 2 aromatic rings. The van der Waals surface area contributed by atoms with E-state index in [4.69, 9.17) is 11.6 Å². The van der Waals surface area contributed by atoms with Gasteiger partial charge in [-0.05, 0) is 12.0 Å². The fourth-order valence-electron chi connectivity index (χ4n) is 1.40. The van der Waals surface area contributed by atoms with Gasteiger partial charge >= 0.3 is 0 Å². The van der Waals surface area contributed by atoms with Gasteiger partial charge in [-0.25, -0.2) is 0 Å². The van der Waals surface area contributed by atoms with Crippen molar-refractivity contribution in [1.82, 2.24) is 15.0 Å². The molecule has 4 heteroatoms. The van der Waals surface area contributed by atoms with Crippen LogP contribution in [0.15, 0.2) is 36.5 Å². The maximum atomic E-state index is 5.64. The third-order valence-electron chi connectivity index (χ3n) is 2.20. The van der Waals surface area contributed by atoms with Gasteiger partial charge in [0.2, 0.25) is 0 Å². The molecular formula is C11H12ClN3. The molecule has 0 N–H and O–H groups in total. The van der Waals surface area contributed by atoms with Crippen LogP contribution < -0.4 is 0 Å². The monoisotopic (exact) mass is 221 g/mol. The summed E-state index contributed by atoms with van der Waals surface area (Å²) >= 11 is 5.64. The number of hydrogen-bond donors (Lipinski definition) is 0. The Morgan fingerprint density at radius 2 is 2.00 bits per heavy atom. The first-order valence-corrected chi connectivity index (χ1v) is 5.41. The molecule has 0 aliphatic carbocycles. The molecule has 0 spiro atoms. The third kappa shape index (κ3) is 2.80. The minimum absolute atomic E-state index is 0.422. The molecule has 1 aromatic carbocycles. The average Bonchev–Trinajstić information content (AvgIpc) is 2.76. The maximum Gasteiger partial charge on any atom is 0.0974 e. The van der Waals surface area contributed by atoms with Gasteiger partial charge in [0.15, 0.2) is 0 Å². The van der Waals surface area contributed by atoms with Crippen molar-refractivity contribution in [3.05, 3.63) is 47.8 Å². The molecule has 78 valence electrons. The summed E-state index contributed by atoms with van der Waals surface area (Å²) in [5.41, 5.74) is 2.13. The van der Waals surface area contributed by atoms with Gasteiger partial charge in [-0.15, -0.1) is 16.7 Å². The summed E-state index contributed by atoms with van der Waals surface area (Å²) in [7, 11) is 0. The molecule has 0 aliphatic heterocycles. The zero-order valence-corrected chi connectivity index (χ0v) is 9.06. The molecule has 2 rings (SSSR count). The topological polar surface area (TPSA) is 30.7 Å². The third-order valence-corrected chi connectivity index (χ3v) is 2.47. The summed E-state index contributed by atoms with van der Waals surface area (Å²) in [5.74, 6) is 0.422. The summed E-state index contributed by atoms with van der Waals surface area (Å²) in [6.45, 7) is 0.841. The summed E-state index contributed by atoms with van der Waals surface area (Å²) in [6, 6.07) is 10.3. The lowest BCUT2D eigenvalue weighted by molar-refractivity contribution is 0.589. The van der Waals surface area contributed by atoms with E-state index in [-0.39, 0.29) is 0 Å². The van der Waals surface area contributed by atoms with E-state index in [2.05, 4.69) is 22.4 Å². The second kappa shape index (κ2) is 4.94. The SMILES string of the molecule is ClCc1cn(CCc2ccccc2)nn1. The molecule has 0 atom stereocenters. The Bertz CT molecular complexity index is 411. The van der Waals surface area contributed by atoms with Crippen molar-refractivity contribution in [3.8, 4) is 0 Å². The van der Waals surface area contributed by atoms with Crippen molar-refractivity contribution in [3.63, 3.8) is 0 Å². The van der Waals surface area contributed by atoms with Crippen molar-refractivity contribution in [2.45, 2.75) is 18.8 Å². The molecule has 3 nitrogen and oxygen atoms in total. The Balaban J connectivity index is 1.93. The van der Waals surface area contributed by atoms with Crippen LogP contribution in [0.25, 0.3) is 0 Å². The number of alkyl halides is 1. The highest BCUT2D eigenvalue weighted by molar-refractivity contribution is 6.16. The zero-order valence-electron chi connectivity index (χ0n) is 8.31. The number of rotatable bonds is 4. The van der Waals surface area contributed by atoms with Crippen LogP contribution in [0, 0.1) is 0 Å². The zero-order chi connectivity index (χ0) is 10.5. The fourth-order valence-corrected chi connectivity index (χ4v) is 1.52. The van der Waals surface area contributed by atoms with Gasteiger partial charge in [0.25, 0.3) is 0 Å². The second-order valence-electron chi connectivity index (χ2n) is 3.34. The molecule has 0 radical (unpaired) electrons. The number of aryl methyl sites for hydroxylation is 2. The standard InChI is InChI=1S/C11H12ClN3/c12-8-11-9-15(14-13-11)7-6-10-4-2-1-3-5-10/h1-5,9H,6-8H2. The van der Waals surface area contributed by atoms with Crippen molar-refractivity contribution in [2.75, 3.05) is 0 Å². The van der Waals surface area contributed by atoms with E-state index >= 15 is 0 Å². The highest BCUT2D eigenvalue weighted by atomic mass is 35.5. The first-order chi connectivity index (χ1) is 7.38. The van der Waals surface area contributed by atoms with Gasteiger partial charge in [-0.3, -0.25) is 4.68 Å². The van der Waals surface area contributed by atoms with Gasteiger partial charge in [-0.1, -0.05) is 35.5 Å². The minimum Gasteiger partial charge on any atom is -0.252 e. The molecule has 0 amide bonds. The van der Waals surface area contributed by atoms with Gasteiger partial charge in [0, 0.05) is 12.7 Å². The number of nitrogens with zero attached hydrogens (tertiary/aromatic N) is 3. The van der Waals surface area contributed by atoms with Crippen LogP contribution in [-0.4, -0.2) is 15.0 Å². The van der Waals surface area contributed by atoms with Crippen molar-refractivity contribution in [2.24, 2.45) is 0 Å². The Morgan fingerprint density at radius 1 is 1.20 bits per heavy atom. The van der Waals surface area contributed by atoms with Crippen LogP contribution in [0.1, 0.15) is 11.3 Å². The van der Waals surface area contributed by atoms with E-state index in [1.54, 1.807) is 0 Å². The molecule has 0 saturated carbocycles. The van der Waals surface area contributed by atoms with Crippen molar-refractivity contribution in [1.29, 1.82) is 0 Å². The van der Waals surface area contributed by atoms with E-state index in [0.717, 1.165) is 18.7 Å². The van der Waals surface area contributed by atoms with E-state index in [9.17, 15) is 0 Å². The minimum atomic E-state index is 0.422. The van der Waals surface area contributed by atoms with E-state index in [0.29, 0.717) is 5.88 Å². The van der Waals surface area contributed by atoms with Gasteiger partial charge < -0.3 is 0 Å².